The first-order chi connectivity index (χ1) is 48.6. The molecule has 0 spiro atoms. The van der Waals surface area contributed by atoms with Crippen LogP contribution in [0.25, 0.3) is 76.4 Å². The van der Waals surface area contributed by atoms with E-state index in [1.165, 1.54) is 78.6 Å². The average molecular weight is 1510 g/mol. The second-order valence-corrected chi connectivity index (χ2v) is 22.0. The molecule has 0 fully saturated rings. The zero-order valence-corrected chi connectivity index (χ0v) is 56.8. The van der Waals surface area contributed by atoms with Crippen LogP contribution in [0.1, 0.15) is 78.1 Å². The first kappa shape index (κ1) is 87.4. The van der Waals surface area contributed by atoms with Gasteiger partial charge in [0.15, 0.2) is 23.3 Å². The number of amides is 1. The Morgan fingerprint density at radius 1 is 0.524 bits per heavy atom. The lowest BCUT2D eigenvalue weighted by Gasteiger charge is -2.09. The molecule has 0 atom stereocenters. The fraction of sp³-hybridized carbons (Fsp3) is 0.254. The van der Waals surface area contributed by atoms with Gasteiger partial charge in [0.1, 0.15) is 25.3 Å². The number of aryl methyl sites for hydroxylation is 4. The molecule has 5 aromatic heterocycles. The lowest BCUT2D eigenvalue weighted by molar-refractivity contribution is -0.138. The van der Waals surface area contributed by atoms with Crippen LogP contribution >= 0.6 is 11.6 Å². The van der Waals surface area contributed by atoms with E-state index < -0.39 is 76.4 Å². The second-order valence-electron chi connectivity index (χ2n) is 21.7. The number of carbonyl (C=O) groups excluding carboxylic acids is 4. The number of hydrogen-bond donors (Lipinski definition) is 5. The smallest absolute Gasteiger partial charge is 0.478 e. The van der Waals surface area contributed by atoms with Gasteiger partial charge in [-0.15, -0.1) is 30.6 Å². The van der Waals surface area contributed by atoms with E-state index in [-0.39, 0.29) is 63.9 Å². The van der Waals surface area contributed by atoms with Crippen LogP contribution in [0.5, 0.6) is 0 Å². The molecule has 105 heavy (non-hydrogen) atoms. The van der Waals surface area contributed by atoms with Crippen LogP contribution in [0.3, 0.4) is 0 Å². The van der Waals surface area contributed by atoms with Gasteiger partial charge in [0.2, 0.25) is 12.3 Å². The molecule has 9 rings (SSSR count). The van der Waals surface area contributed by atoms with E-state index in [1.54, 1.807) is 32.9 Å². The molecule has 0 saturated heterocycles. The summed E-state index contributed by atoms with van der Waals surface area (Å²) < 4.78 is 177. The van der Waals surface area contributed by atoms with Crippen LogP contribution in [0.4, 0.5) is 62.3 Å². The zero-order valence-electron chi connectivity index (χ0n) is 56.0. The number of nitrogens with two attached hydrogens (primary N) is 3. The standard InChI is InChI=1S/C18H18F3N3O4.C14H10F3N5O.C13H12F3N5O.C13H10F3N3O2.C5H9ClO2.H4N2.H2O/c1-11(2)9-27-17(26)28-15(25)4-5-24-10-22-16(23-24)13-6-12(3)7-14(8-13)18(19,20)21;1-9-4-10(6-11(5-9)14(15,16)17)13-18-7-22(21-13)3-2-12-20-19-8-23-12;1-8-4-9(6-10(5-8)13(14,15)16)12-18-7-21(20-12)3-2-11(22)19-17;1-8-4-9(6-10(5-8)13(14,15)16)12-17-7-19(18-12)3-2-11(20)21;1-4(2)3-8-5(6)7;1-2;/h4-8,10-11H,9H2,1-3H3;2-8H,1H3;2-7H,17H2,1H3,(H,19,22);2-7H,1H3,(H,20,21);4H,3H2,1-2H3;1-2H2;1H2/b5-4-;3*3-2-;;;. The van der Waals surface area contributed by atoms with Crippen LogP contribution in [0.15, 0.2) is 127 Å². The number of ether oxygens (including phenoxy) is 3. The van der Waals surface area contributed by atoms with E-state index in [0.29, 0.717) is 40.3 Å². The minimum absolute atomic E-state index is 0. The van der Waals surface area contributed by atoms with Gasteiger partial charge in [-0.2, -0.15) is 52.7 Å². The van der Waals surface area contributed by atoms with Gasteiger partial charge in [-0.25, -0.2) is 63.7 Å². The number of hydrogen-bond acceptors (Lipinski definition) is 22. The highest BCUT2D eigenvalue weighted by atomic mass is 35.5. The van der Waals surface area contributed by atoms with Gasteiger partial charge in [0, 0.05) is 83.0 Å². The maximum Gasteiger partial charge on any atom is 0.516 e. The van der Waals surface area contributed by atoms with Gasteiger partial charge >= 0.3 is 48.2 Å². The molecule has 29 nitrogen and oxygen atoms in total. The molecule has 1 amide bonds. The highest BCUT2D eigenvalue weighted by molar-refractivity contribution is 6.61. The number of nitrogens with zero attached hydrogens (tertiary/aromatic N) is 14. The molecule has 5 heterocycles. The van der Waals surface area contributed by atoms with Gasteiger partial charge in [-0.1, -0.05) is 27.7 Å². The molecule has 0 radical (unpaired) electrons. The Bertz CT molecular complexity index is 4450. The molecule has 4 aromatic carbocycles. The molecule has 10 N–H and O–H groups in total. The minimum atomic E-state index is -4.49. The summed E-state index contributed by atoms with van der Waals surface area (Å²) in [7, 11) is 0. The lowest BCUT2D eigenvalue weighted by atomic mass is 10.1. The van der Waals surface area contributed by atoms with Crippen molar-refractivity contribution in [1.29, 1.82) is 0 Å². The Balaban J connectivity index is 0.000000348. The predicted octanol–water partition coefficient (Wildman–Crippen LogP) is 11.9. The van der Waals surface area contributed by atoms with Crippen LogP contribution in [-0.2, 0) is 53.3 Å². The number of carboxylic acid groups (broad SMARTS) is 1. The number of carbonyl (C=O) groups is 5. The van der Waals surface area contributed by atoms with E-state index in [2.05, 4.69) is 71.7 Å². The molecule has 564 valence electrons. The van der Waals surface area contributed by atoms with E-state index in [4.69, 9.17) is 31.7 Å². The summed E-state index contributed by atoms with van der Waals surface area (Å²) >= 11 is 4.86. The summed E-state index contributed by atoms with van der Waals surface area (Å²) in [5, 5.41) is 31.6. The lowest BCUT2D eigenvalue weighted by Crippen LogP contribution is -2.28. The van der Waals surface area contributed by atoms with Crippen molar-refractivity contribution < 1.29 is 106 Å². The zero-order chi connectivity index (χ0) is 77.9. The van der Waals surface area contributed by atoms with Gasteiger partial charge < -0.3 is 29.2 Å². The summed E-state index contributed by atoms with van der Waals surface area (Å²) in [4.78, 5) is 69.8. The van der Waals surface area contributed by atoms with Crippen molar-refractivity contribution in [3.8, 4) is 45.6 Å². The molecular weight excluding hydrogens is 1450 g/mol. The number of nitrogens with one attached hydrogen (secondary N) is 1. The van der Waals surface area contributed by atoms with Crippen molar-refractivity contribution in [3.63, 3.8) is 0 Å². The summed E-state index contributed by atoms with van der Waals surface area (Å²) in [5.41, 5.74) is 0.761. The van der Waals surface area contributed by atoms with E-state index >= 15 is 0 Å². The minimum Gasteiger partial charge on any atom is -0.478 e. The third-order valence-electron chi connectivity index (χ3n) is 11.9. The van der Waals surface area contributed by atoms with Gasteiger partial charge in [0.25, 0.3) is 5.91 Å². The number of esters is 1. The number of aromatic nitrogens is 14. The molecule has 0 aliphatic rings. The first-order valence-electron chi connectivity index (χ1n) is 29.3. The fourth-order valence-electron chi connectivity index (χ4n) is 7.70. The molecular formula is C63H65ClF12N18O11. The number of rotatable bonds is 16. The molecule has 9 aromatic rings. The third-order valence-corrected chi connectivity index (χ3v) is 12.0. The van der Waals surface area contributed by atoms with E-state index in [9.17, 15) is 76.7 Å². The van der Waals surface area contributed by atoms with Gasteiger partial charge in [-0.05, 0) is 135 Å². The highest BCUT2D eigenvalue weighted by Crippen LogP contribution is 2.36. The Hall–Kier alpha value is -11.8. The number of carboxylic acids is 1. The number of alkyl halides is 12. The third kappa shape index (κ3) is 31.1. The highest BCUT2D eigenvalue weighted by Gasteiger charge is 2.34. The number of hydrazine groups is 2. The Morgan fingerprint density at radius 3 is 1.13 bits per heavy atom. The first-order valence-corrected chi connectivity index (χ1v) is 29.7. The van der Waals surface area contributed by atoms with Crippen molar-refractivity contribution in [2.24, 2.45) is 29.4 Å². The van der Waals surface area contributed by atoms with Gasteiger partial charge in [0.05, 0.1) is 35.5 Å². The Labute approximate surface area is 591 Å². The molecule has 0 aliphatic carbocycles. The quantitative estimate of drug-likeness (QED) is 0.00876. The molecule has 0 unspecified atom stereocenters. The molecule has 0 bridgehead atoms. The summed E-state index contributed by atoms with van der Waals surface area (Å²) in [6.45, 7) is 14.3. The summed E-state index contributed by atoms with van der Waals surface area (Å²) in [6, 6.07) is 14.2. The largest absolute Gasteiger partial charge is 0.516 e. The van der Waals surface area contributed by atoms with Crippen molar-refractivity contribution in [3.05, 3.63) is 173 Å². The van der Waals surface area contributed by atoms with Crippen molar-refractivity contribution >= 4 is 71.9 Å². The summed E-state index contributed by atoms with van der Waals surface area (Å²) in [6.07, 6.45) is -3.26. The summed E-state index contributed by atoms with van der Waals surface area (Å²) in [5.74, 6) is 11.4. The van der Waals surface area contributed by atoms with Crippen LogP contribution < -0.4 is 23.0 Å². The van der Waals surface area contributed by atoms with Crippen molar-refractivity contribution in [2.45, 2.75) is 80.1 Å². The second kappa shape index (κ2) is 40.1. The van der Waals surface area contributed by atoms with Crippen LogP contribution in [0.2, 0.25) is 0 Å². The van der Waals surface area contributed by atoms with E-state index in [1.807, 2.05) is 33.1 Å². The van der Waals surface area contributed by atoms with Crippen molar-refractivity contribution in [2.75, 3.05) is 13.2 Å². The topological polar surface area (TPSA) is 417 Å². The fourth-order valence-corrected chi connectivity index (χ4v) is 7.76. The van der Waals surface area contributed by atoms with Gasteiger partial charge in [-0.3, -0.25) is 21.9 Å². The Kier molecular flexibility index (Phi) is 33.4. The predicted molar refractivity (Wildman–Crippen MR) is 353 cm³/mol. The maximum absolute atomic E-state index is 12.9. The maximum atomic E-state index is 12.9. The Morgan fingerprint density at radius 2 is 0.848 bits per heavy atom. The SMILES string of the molecule is CC(C)COC(=O)Cl.Cc1cc(-c2ncn(/C=C\C(=O)NN)n2)cc(C(F)(F)F)c1.Cc1cc(-c2ncn(/C=C\C(=O)O)n2)cc(C(F)(F)F)c1.Cc1cc(-c2ncn(/C=C\C(=O)OC(=O)OCC(C)C)n2)cc(C(F)(F)F)c1.Cc1cc(-c2ncn(/C=C\c3nnco3)n2)cc(C(F)(F)F)c1.NN.O. The van der Waals surface area contributed by atoms with Crippen molar-refractivity contribution in [1.82, 2.24) is 74.7 Å². The average Bonchev–Trinajstić information content (AvgIpc) is 1.80. The monoisotopic (exact) mass is 1510 g/mol. The molecule has 42 heteroatoms. The van der Waals surface area contributed by atoms with Crippen LogP contribution in [0, 0.1) is 39.5 Å². The van der Waals surface area contributed by atoms with Crippen LogP contribution in [-0.4, -0.2) is 122 Å². The van der Waals surface area contributed by atoms with E-state index in [0.717, 1.165) is 88.5 Å². The normalized spacial score (nSPS) is 11.5. The number of aliphatic carboxylic acids is 1. The molecule has 0 saturated carbocycles. The number of halogens is 13. The molecule has 0 aliphatic heterocycles. The number of benzene rings is 4.